The first-order valence-electron chi connectivity index (χ1n) is 7.83. The summed E-state index contributed by atoms with van der Waals surface area (Å²) in [5.74, 6) is 0.851. The summed E-state index contributed by atoms with van der Waals surface area (Å²) in [6, 6.07) is 4.20. The number of nitrogens with zero attached hydrogens (tertiary/aromatic N) is 3. The first-order chi connectivity index (χ1) is 11.6. The van der Waals surface area contributed by atoms with Crippen molar-refractivity contribution in [2.75, 3.05) is 19.7 Å². The fourth-order valence-corrected chi connectivity index (χ4v) is 2.46. The number of ether oxygens (including phenoxy) is 1. The molecule has 3 rings (SSSR count). The van der Waals surface area contributed by atoms with Gasteiger partial charge in [0.05, 0.1) is 13.1 Å². The van der Waals surface area contributed by atoms with Crippen molar-refractivity contribution >= 4 is 6.03 Å². The van der Waals surface area contributed by atoms with Gasteiger partial charge in [-0.2, -0.15) is 0 Å². The molecule has 2 amide bonds. The number of nitrogens with one attached hydrogen (secondary N) is 1. The predicted octanol–water partition coefficient (Wildman–Crippen LogP) is 2.07. The number of halogens is 1. The van der Waals surface area contributed by atoms with Crippen molar-refractivity contribution in [3.8, 4) is 5.75 Å². The lowest BCUT2D eigenvalue weighted by Gasteiger charge is -2.20. The van der Waals surface area contributed by atoms with E-state index >= 15 is 0 Å². The Hall–Kier alpha value is -2.70. The third-order valence-electron chi connectivity index (χ3n) is 3.76. The van der Waals surface area contributed by atoms with E-state index in [0.717, 1.165) is 11.1 Å². The lowest BCUT2D eigenvalue weighted by atomic mass is 10.2. The number of hydrogen-bond donors (Lipinski definition) is 1. The molecule has 1 aromatic heterocycles. The van der Waals surface area contributed by atoms with Gasteiger partial charge in [-0.05, 0) is 18.6 Å². The van der Waals surface area contributed by atoms with Gasteiger partial charge in [-0.15, -0.1) is 0 Å². The Bertz CT molecular complexity index is 721. The zero-order valence-corrected chi connectivity index (χ0v) is 13.5. The summed E-state index contributed by atoms with van der Waals surface area (Å²) in [6.07, 6.45) is 4.08. The van der Waals surface area contributed by atoms with Crippen LogP contribution in [0.5, 0.6) is 5.75 Å². The number of rotatable bonds is 3. The molecular weight excluding hydrogens is 311 g/mol. The van der Waals surface area contributed by atoms with Crippen molar-refractivity contribution in [3.05, 3.63) is 53.4 Å². The predicted molar refractivity (Wildman–Crippen MR) is 86.2 cm³/mol. The Kier molecular flexibility index (Phi) is 4.88. The van der Waals surface area contributed by atoms with E-state index in [4.69, 9.17) is 4.74 Å². The maximum Gasteiger partial charge on any atom is 0.317 e. The van der Waals surface area contributed by atoms with Crippen LogP contribution in [0.15, 0.2) is 30.6 Å². The molecule has 1 N–H and O–H groups in total. The number of fused-ring (bicyclic) bond motifs is 1. The van der Waals surface area contributed by atoms with Crippen LogP contribution >= 0.6 is 0 Å². The average Bonchev–Trinajstić information content (AvgIpc) is 2.78. The highest BCUT2D eigenvalue weighted by molar-refractivity contribution is 5.74. The number of aromatic nitrogens is 2. The van der Waals surface area contributed by atoms with Gasteiger partial charge in [0, 0.05) is 37.0 Å². The van der Waals surface area contributed by atoms with Crippen molar-refractivity contribution in [2.24, 2.45) is 0 Å². The Labute approximate surface area is 139 Å². The largest absolute Gasteiger partial charge is 0.491 e. The van der Waals surface area contributed by atoms with Gasteiger partial charge < -0.3 is 15.0 Å². The fourth-order valence-electron chi connectivity index (χ4n) is 2.46. The Morgan fingerprint density at radius 1 is 1.38 bits per heavy atom. The van der Waals surface area contributed by atoms with Gasteiger partial charge in [0.25, 0.3) is 0 Å². The van der Waals surface area contributed by atoms with Gasteiger partial charge in [0.15, 0.2) is 0 Å². The smallest absolute Gasteiger partial charge is 0.317 e. The van der Waals surface area contributed by atoms with Gasteiger partial charge >= 0.3 is 6.03 Å². The minimum atomic E-state index is -0.343. The maximum absolute atomic E-state index is 13.3. The lowest BCUT2D eigenvalue weighted by Crippen LogP contribution is -2.41. The van der Waals surface area contributed by atoms with Crippen molar-refractivity contribution < 1.29 is 13.9 Å². The van der Waals surface area contributed by atoms with Crippen molar-refractivity contribution in [3.63, 3.8) is 0 Å². The second-order valence-electron chi connectivity index (χ2n) is 5.68. The average molecular weight is 330 g/mol. The summed E-state index contributed by atoms with van der Waals surface area (Å²) >= 11 is 0. The summed E-state index contributed by atoms with van der Waals surface area (Å²) in [6.45, 7) is 3.56. The highest BCUT2D eigenvalue weighted by Crippen LogP contribution is 2.23. The summed E-state index contributed by atoms with van der Waals surface area (Å²) in [5.41, 5.74) is 1.80. The first-order valence-corrected chi connectivity index (χ1v) is 7.83. The van der Waals surface area contributed by atoms with Crippen LogP contribution in [-0.4, -0.2) is 40.6 Å². The van der Waals surface area contributed by atoms with Crippen LogP contribution in [0.25, 0.3) is 0 Å². The molecule has 126 valence electrons. The lowest BCUT2D eigenvalue weighted by molar-refractivity contribution is 0.188. The van der Waals surface area contributed by atoms with Crippen LogP contribution in [-0.2, 0) is 13.0 Å². The highest BCUT2D eigenvalue weighted by Gasteiger charge is 2.19. The number of urea groups is 1. The molecule has 0 spiro atoms. The normalized spacial score (nSPS) is 13.7. The Morgan fingerprint density at radius 2 is 2.17 bits per heavy atom. The van der Waals surface area contributed by atoms with Crippen LogP contribution in [0, 0.1) is 12.7 Å². The number of amides is 2. The molecule has 6 nitrogen and oxygen atoms in total. The monoisotopic (exact) mass is 330 g/mol. The molecule has 2 aromatic rings. The van der Waals surface area contributed by atoms with Crippen LogP contribution in [0.2, 0.25) is 0 Å². The molecule has 0 radical (unpaired) electrons. The number of benzene rings is 1. The standard InChI is InChI=1S/C17H19FN4O2/c1-12-9-20-16(21-10-12)4-5-19-17(23)22-6-7-24-15-8-14(18)3-2-13(15)11-22/h2-3,8-10H,4-7,11H2,1H3,(H,19,23). The van der Waals surface area contributed by atoms with Gasteiger partial charge in [0.2, 0.25) is 0 Å². The Morgan fingerprint density at radius 3 is 2.96 bits per heavy atom. The number of hydrogen-bond acceptors (Lipinski definition) is 4. The molecular formula is C17H19FN4O2. The second kappa shape index (κ2) is 7.25. The summed E-state index contributed by atoms with van der Waals surface area (Å²) in [7, 11) is 0. The quantitative estimate of drug-likeness (QED) is 0.935. The summed E-state index contributed by atoms with van der Waals surface area (Å²) in [4.78, 5) is 22.4. The first kappa shape index (κ1) is 16.2. The van der Waals surface area contributed by atoms with Gasteiger partial charge in [-0.1, -0.05) is 6.07 Å². The molecule has 24 heavy (non-hydrogen) atoms. The number of aryl methyl sites for hydroxylation is 1. The van der Waals surface area contributed by atoms with Gasteiger partial charge in [-0.25, -0.2) is 19.2 Å². The van der Waals surface area contributed by atoms with E-state index in [1.54, 1.807) is 23.4 Å². The second-order valence-corrected chi connectivity index (χ2v) is 5.68. The van der Waals surface area contributed by atoms with E-state index in [1.165, 1.54) is 12.1 Å². The van der Waals surface area contributed by atoms with E-state index < -0.39 is 0 Å². The molecule has 7 heteroatoms. The van der Waals surface area contributed by atoms with E-state index in [9.17, 15) is 9.18 Å². The van der Waals surface area contributed by atoms with Gasteiger partial charge in [-0.3, -0.25) is 0 Å². The van der Waals surface area contributed by atoms with Crippen molar-refractivity contribution in [1.82, 2.24) is 20.2 Å². The van der Waals surface area contributed by atoms with E-state index in [2.05, 4.69) is 15.3 Å². The van der Waals surface area contributed by atoms with E-state index in [-0.39, 0.29) is 11.8 Å². The molecule has 0 saturated heterocycles. The minimum Gasteiger partial charge on any atom is -0.491 e. The number of carbonyl (C=O) groups is 1. The molecule has 1 aromatic carbocycles. The molecule has 0 fully saturated rings. The molecule has 0 saturated carbocycles. The zero-order valence-electron chi connectivity index (χ0n) is 13.5. The summed E-state index contributed by atoms with van der Waals surface area (Å²) < 4.78 is 18.8. The van der Waals surface area contributed by atoms with Crippen LogP contribution in [0.3, 0.4) is 0 Å². The minimum absolute atomic E-state index is 0.178. The molecule has 2 heterocycles. The van der Waals surface area contributed by atoms with Crippen LogP contribution in [0.1, 0.15) is 17.0 Å². The topological polar surface area (TPSA) is 67.4 Å². The molecule has 0 bridgehead atoms. The summed E-state index contributed by atoms with van der Waals surface area (Å²) in [5, 5.41) is 2.86. The molecule has 0 aliphatic carbocycles. The maximum atomic E-state index is 13.3. The van der Waals surface area contributed by atoms with Crippen molar-refractivity contribution in [1.29, 1.82) is 0 Å². The zero-order chi connectivity index (χ0) is 16.9. The van der Waals surface area contributed by atoms with Crippen LogP contribution < -0.4 is 10.1 Å². The molecule has 1 aliphatic rings. The third-order valence-corrected chi connectivity index (χ3v) is 3.76. The highest BCUT2D eigenvalue weighted by atomic mass is 19.1. The molecule has 0 atom stereocenters. The Balaban J connectivity index is 1.55. The molecule has 0 unspecified atom stereocenters. The SMILES string of the molecule is Cc1cnc(CCNC(=O)N2CCOc3cc(F)ccc3C2)nc1. The third kappa shape index (κ3) is 3.98. The van der Waals surface area contributed by atoms with E-state index in [1.807, 2.05) is 6.92 Å². The fraction of sp³-hybridized carbons (Fsp3) is 0.353. The number of carbonyl (C=O) groups excluding carboxylic acids is 1. The van der Waals surface area contributed by atoms with Crippen molar-refractivity contribution in [2.45, 2.75) is 19.9 Å². The molecule has 1 aliphatic heterocycles. The van der Waals surface area contributed by atoms with Crippen LogP contribution in [0.4, 0.5) is 9.18 Å². The van der Waals surface area contributed by atoms with E-state index in [0.29, 0.717) is 44.2 Å². The van der Waals surface area contributed by atoms with Gasteiger partial charge in [0.1, 0.15) is 24.0 Å².